The maximum atomic E-state index is 10.9. The van der Waals surface area contributed by atoms with Gasteiger partial charge in [0.2, 0.25) is 0 Å². The molecule has 3 rings (SSSR count). The molecule has 4 nitrogen and oxygen atoms in total. The van der Waals surface area contributed by atoms with E-state index in [9.17, 15) is 4.79 Å². The van der Waals surface area contributed by atoms with Crippen LogP contribution in [0.2, 0.25) is 5.02 Å². The lowest BCUT2D eigenvalue weighted by atomic mass is 10.1. The van der Waals surface area contributed by atoms with E-state index in [1.807, 2.05) is 37.3 Å². The van der Waals surface area contributed by atoms with Crippen LogP contribution < -0.4 is 4.74 Å². The zero-order valence-electron chi connectivity index (χ0n) is 15.3. The Kier molecular flexibility index (Phi) is 7.11. The van der Waals surface area contributed by atoms with E-state index in [0.29, 0.717) is 17.4 Å². The Morgan fingerprint density at radius 1 is 1.10 bits per heavy atom. The fourth-order valence-electron chi connectivity index (χ4n) is 2.56. The van der Waals surface area contributed by atoms with E-state index in [2.05, 4.69) is 36.9 Å². The number of halogens is 3. The quantitative estimate of drug-likeness (QED) is 0.338. The number of carbonyl (C=O) groups is 1. The fraction of sp³-hybridized carbons (Fsp3) is 0.0909. The number of benzene rings is 3. The number of rotatable bonds is 6. The molecule has 3 aromatic carbocycles. The van der Waals surface area contributed by atoms with Crippen LogP contribution in [0.5, 0.6) is 5.75 Å². The molecule has 0 bridgehead atoms. The zero-order valence-corrected chi connectivity index (χ0v) is 19.3. The number of carboxylic acid groups (broad SMARTS) is 1. The van der Waals surface area contributed by atoms with Crippen molar-refractivity contribution < 1.29 is 14.6 Å². The monoisotopic (exact) mass is 535 g/mol. The van der Waals surface area contributed by atoms with Crippen molar-refractivity contribution in [3.8, 4) is 5.75 Å². The molecule has 7 heteroatoms. The summed E-state index contributed by atoms with van der Waals surface area (Å²) >= 11 is 13.1. The van der Waals surface area contributed by atoms with Crippen molar-refractivity contribution in [1.82, 2.24) is 0 Å². The summed E-state index contributed by atoms with van der Waals surface area (Å²) in [4.78, 5) is 15.5. The van der Waals surface area contributed by atoms with E-state index >= 15 is 0 Å². The molecule has 0 radical (unpaired) electrons. The number of aryl methyl sites for hydroxylation is 1. The summed E-state index contributed by atoms with van der Waals surface area (Å²) in [5.41, 5.74) is 3.86. The Labute approximate surface area is 190 Å². The van der Waals surface area contributed by atoms with Crippen LogP contribution in [0.25, 0.3) is 0 Å². The van der Waals surface area contributed by atoms with Crippen LogP contribution in [0, 0.1) is 6.92 Å². The highest BCUT2D eigenvalue weighted by Gasteiger charge is 2.10. The largest absolute Gasteiger partial charge is 0.487 e. The van der Waals surface area contributed by atoms with Crippen LogP contribution in [-0.2, 0) is 6.61 Å². The molecule has 1 N–H and O–H groups in total. The SMILES string of the molecule is Cc1ccc(Cl)cc1N=Cc1cc(Br)c(OCc2ccc(C(=O)O)cc2)c(Br)c1. The molecule has 0 saturated carbocycles. The Morgan fingerprint density at radius 2 is 1.76 bits per heavy atom. The molecule has 0 spiro atoms. The van der Waals surface area contributed by atoms with E-state index in [1.54, 1.807) is 30.5 Å². The molecule has 0 heterocycles. The number of aromatic carboxylic acids is 1. The van der Waals surface area contributed by atoms with Crippen molar-refractivity contribution in [3.05, 3.63) is 90.8 Å². The number of hydrogen-bond donors (Lipinski definition) is 1. The first kappa shape index (κ1) is 21.6. The van der Waals surface area contributed by atoms with Crippen molar-refractivity contribution >= 4 is 61.3 Å². The van der Waals surface area contributed by atoms with Gasteiger partial charge in [-0.25, -0.2) is 4.79 Å². The molecule has 0 atom stereocenters. The predicted molar refractivity (Wildman–Crippen MR) is 123 cm³/mol. The van der Waals surface area contributed by atoms with Gasteiger partial charge in [0.1, 0.15) is 12.4 Å². The van der Waals surface area contributed by atoms with Crippen LogP contribution in [0.15, 0.2) is 68.5 Å². The number of carboxylic acids is 1. The molecule has 148 valence electrons. The molecule has 29 heavy (non-hydrogen) atoms. The summed E-state index contributed by atoms with van der Waals surface area (Å²) in [6.45, 7) is 2.29. The van der Waals surface area contributed by atoms with Gasteiger partial charge >= 0.3 is 5.97 Å². The first-order valence-corrected chi connectivity index (χ1v) is 10.5. The second kappa shape index (κ2) is 9.57. The van der Waals surface area contributed by atoms with Gasteiger partial charge in [-0.2, -0.15) is 0 Å². The van der Waals surface area contributed by atoms with Crippen LogP contribution in [-0.4, -0.2) is 17.3 Å². The van der Waals surface area contributed by atoms with Gasteiger partial charge in [0.05, 0.1) is 20.2 Å². The summed E-state index contributed by atoms with van der Waals surface area (Å²) in [7, 11) is 0. The average molecular weight is 538 g/mol. The summed E-state index contributed by atoms with van der Waals surface area (Å²) in [5, 5.41) is 9.61. The van der Waals surface area contributed by atoms with E-state index in [-0.39, 0.29) is 5.56 Å². The molecule has 0 aliphatic rings. The maximum absolute atomic E-state index is 10.9. The fourth-order valence-corrected chi connectivity index (χ4v) is 4.17. The maximum Gasteiger partial charge on any atom is 0.335 e. The third-order valence-corrected chi connectivity index (χ3v) is 5.54. The highest BCUT2D eigenvalue weighted by Crippen LogP contribution is 2.35. The first-order chi connectivity index (χ1) is 13.8. The third kappa shape index (κ3) is 5.69. The lowest BCUT2D eigenvalue weighted by Gasteiger charge is -2.11. The zero-order chi connectivity index (χ0) is 21.0. The van der Waals surface area contributed by atoms with Crippen LogP contribution in [0.3, 0.4) is 0 Å². The topological polar surface area (TPSA) is 58.9 Å². The van der Waals surface area contributed by atoms with Crippen molar-refractivity contribution in [3.63, 3.8) is 0 Å². The summed E-state index contributed by atoms with van der Waals surface area (Å²) in [6, 6.07) is 16.0. The second-order valence-electron chi connectivity index (χ2n) is 6.29. The number of aliphatic imine (C=N–C) groups is 1. The highest BCUT2D eigenvalue weighted by atomic mass is 79.9. The Balaban J connectivity index is 1.74. The van der Waals surface area contributed by atoms with Crippen LogP contribution in [0.1, 0.15) is 27.0 Å². The molecular formula is C22H16Br2ClNO3. The van der Waals surface area contributed by atoms with Gasteiger partial charge in [-0.05, 0) is 91.9 Å². The molecule has 0 unspecified atom stereocenters. The molecule has 0 amide bonds. The minimum absolute atomic E-state index is 0.245. The van der Waals surface area contributed by atoms with Gasteiger partial charge in [0.15, 0.2) is 0 Å². The summed E-state index contributed by atoms with van der Waals surface area (Å²) in [5.74, 6) is -0.295. The molecule has 0 fully saturated rings. The molecule has 0 aliphatic heterocycles. The van der Waals surface area contributed by atoms with Gasteiger partial charge in [0, 0.05) is 11.2 Å². The standard InChI is InChI=1S/C22H16Br2ClNO3/c1-13-2-7-17(25)10-20(13)26-11-15-8-18(23)21(19(24)9-15)29-12-14-3-5-16(6-4-14)22(27)28/h2-11H,12H2,1H3,(H,27,28). The smallest absolute Gasteiger partial charge is 0.335 e. The second-order valence-corrected chi connectivity index (χ2v) is 8.44. The van der Waals surface area contributed by atoms with Crippen molar-refractivity contribution in [2.75, 3.05) is 0 Å². The van der Waals surface area contributed by atoms with Gasteiger partial charge in [-0.1, -0.05) is 29.8 Å². The first-order valence-electron chi connectivity index (χ1n) is 8.58. The number of ether oxygens (including phenoxy) is 1. The van der Waals surface area contributed by atoms with Crippen molar-refractivity contribution in [1.29, 1.82) is 0 Å². The Hall–Kier alpha value is -2.15. The molecule has 0 aliphatic carbocycles. The van der Waals surface area contributed by atoms with Gasteiger partial charge in [-0.15, -0.1) is 0 Å². The van der Waals surface area contributed by atoms with Gasteiger partial charge in [0.25, 0.3) is 0 Å². The van der Waals surface area contributed by atoms with Crippen molar-refractivity contribution in [2.45, 2.75) is 13.5 Å². The normalized spacial score (nSPS) is 11.0. The predicted octanol–water partition coefficient (Wildman–Crippen LogP) is 7.20. The van der Waals surface area contributed by atoms with E-state index in [4.69, 9.17) is 21.4 Å². The molecular weight excluding hydrogens is 522 g/mol. The van der Waals surface area contributed by atoms with E-state index < -0.39 is 5.97 Å². The molecule has 3 aromatic rings. The van der Waals surface area contributed by atoms with E-state index in [1.165, 1.54) is 0 Å². The highest BCUT2D eigenvalue weighted by molar-refractivity contribution is 9.11. The number of hydrogen-bond acceptors (Lipinski definition) is 3. The summed E-state index contributed by atoms with van der Waals surface area (Å²) in [6.07, 6.45) is 1.77. The Bertz CT molecular complexity index is 1060. The minimum atomic E-state index is -0.951. The molecule has 0 saturated heterocycles. The summed E-state index contributed by atoms with van der Waals surface area (Å²) < 4.78 is 7.46. The van der Waals surface area contributed by atoms with Crippen LogP contribution in [0.4, 0.5) is 5.69 Å². The number of nitrogens with zero attached hydrogens (tertiary/aromatic N) is 1. The lowest BCUT2D eigenvalue weighted by molar-refractivity contribution is 0.0697. The minimum Gasteiger partial charge on any atom is -0.487 e. The Morgan fingerprint density at radius 3 is 2.38 bits per heavy atom. The average Bonchev–Trinajstić information content (AvgIpc) is 2.68. The van der Waals surface area contributed by atoms with Crippen LogP contribution >= 0.6 is 43.5 Å². The van der Waals surface area contributed by atoms with Crippen molar-refractivity contribution in [2.24, 2.45) is 4.99 Å². The van der Waals surface area contributed by atoms with Gasteiger partial charge in [-0.3, -0.25) is 4.99 Å². The lowest BCUT2D eigenvalue weighted by Crippen LogP contribution is -2.00. The molecule has 0 aromatic heterocycles. The van der Waals surface area contributed by atoms with Gasteiger partial charge < -0.3 is 9.84 Å². The van der Waals surface area contributed by atoms with E-state index in [0.717, 1.165) is 31.3 Å². The third-order valence-electron chi connectivity index (χ3n) is 4.13.